The first-order chi connectivity index (χ1) is 13.6. The van der Waals surface area contributed by atoms with E-state index in [0.29, 0.717) is 5.69 Å². The van der Waals surface area contributed by atoms with Crippen LogP contribution in [0.2, 0.25) is 0 Å². The monoisotopic (exact) mass is 393 g/mol. The van der Waals surface area contributed by atoms with Crippen molar-refractivity contribution in [2.75, 3.05) is 13.1 Å². The molecule has 7 heteroatoms. The van der Waals surface area contributed by atoms with E-state index in [1.54, 1.807) is 0 Å². The maximum Gasteiger partial charge on any atom is 0.273 e. The van der Waals surface area contributed by atoms with Gasteiger partial charge in [-0.1, -0.05) is 0 Å². The molecule has 0 saturated carbocycles. The lowest BCUT2D eigenvalue weighted by Gasteiger charge is -2.44. The van der Waals surface area contributed by atoms with Crippen LogP contribution in [0.4, 0.5) is 0 Å². The average Bonchev–Trinajstić information content (AvgIpc) is 3.35. The van der Waals surface area contributed by atoms with Gasteiger partial charge in [0.1, 0.15) is 11.5 Å². The Labute approximate surface area is 168 Å². The molecule has 1 spiro atoms. The summed E-state index contributed by atoms with van der Waals surface area (Å²) in [5.74, 6) is 1.25. The smallest absolute Gasteiger partial charge is 0.273 e. The molecule has 0 bridgehead atoms. The summed E-state index contributed by atoms with van der Waals surface area (Å²) < 4.78 is 2.39. The number of aromatic nitrogens is 4. The predicted octanol–water partition coefficient (Wildman–Crippen LogP) is 3.58. The summed E-state index contributed by atoms with van der Waals surface area (Å²) >= 11 is 1.54. The highest BCUT2D eigenvalue weighted by Crippen LogP contribution is 2.42. The van der Waals surface area contributed by atoms with Crippen LogP contribution in [0.1, 0.15) is 40.6 Å². The van der Waals surface area contributed by atoms with E-state index in [9.17, 15) is 4.79 Å². The highest BCUT2D eigenvalue weighted by atomic mass is 32.1. The third-order valence-electron chi connectivity index (χ3n) is 6.24. The normalized spacial score (nSPS) is 18.2. The van der Waals surface area contributed by atoms with E-state index in [1.165, 1.54) is 22.9 Å². The number of fused-ring (bicyclic) bond motifs is 1. The van der Waals surface area contributed by atoms with Crippen molar-refractivity contribution in [3.63, 3.8) is 0 Å². The second-order valence-electron chi connectivity index (χ2n) is 7.93. The molecule has 3 aromatic heterocycles. The Balaban J connectivity index is 1.33. The molecule has 0 aromatic carbocycles. The van der Waals surface area contributed by atoms with Crippen LogP contribution in [0.5, 0.6) is 0 Å². The Morgan fingerprint density at radius 1 is 1.18 bits per heavy atom. The van der Waals surface area contributed by atoms with E-state index >= 15 is 0 Å². The van der Waals surface area contributed by atoms with Gasteiger partial charge in [-0.2, -0.15) is 0 Å². The number of imidazole rings is 1. The maximum atomic E-state index is 12.7. The Hall–Kier alpha value is -2.54. The van der Waals surface area contributed by atoms with Gasteiger partial charge in [-0.3, -0.25) is 9.78 Å². The number of nitrogens with zero attached hydrogens (tertiary/aromatic N) is 5. The first-order valence-corrected chi connectivity index (χ1v) is 10.7. The minimum absolute atomic E-state index is 0.0794. The lowest BCUT2D eigenvalue weighted by molar-refractivity contribution is 0.0467. The number of likely N-dealkylation sites (tertiary alicyclic amines) is 1. The molecule has 1 amide bonds. The number of hydrogen-bond donors (Lipinski definition) is 0. The van der Waals surface area contributed by atoms with Gasteiger partial charge < -0.3 is 9.47 Å². The molecule has 1 saturated heterocycles. The van der Waals surface area contributed by atoms with Crippen molar-refractivity contribution in [3.05, 3.63) is 52.6 Å². The highest BCUT2D eigenvalue weighted by Gasteiger charge is 2.40. The van der Waals surface area contributed by atoms with Crippen LogP contribution in [-0.4, -0.2) is 43.4 Å². The number of piperidine rings is 1. The number of amides is 1. The fourth-order valence-corrected chi connectivity index (χ4v) is 5.14. The van der Waals surface area contributed by atoms with E-state index in [1.807, 2.05) is 47.9 Å². The second kappa shape index (κ2) is 6.81. The van der Waals surface area contributed by atoms with Crippen molar-refractivity contribution in [1.29, 1.82) is 0 Å². The van der Waals surface area contributed by atoms with Crippen molar-refractivity contribution >= 4 is 17.2 Å². The van der Waals surface area contributed by atoms with Crippen LogP contribution in [0.15, 0.2) is 36.1 Å². The first kappa shape index (κ1) is 17.6. The van der Waals surface area contributed by atoms with E-state index in [-0.39, 0.29) is 11.3 Å². The lowest BCUT2D eigenvalue weighted by atomic mass is 9.73. The van der Waals surface area contributed by atoms with Gasteiger partial charge in [0.05, 0.1) is 16.9 Å². The number of aryl methyl sites for hydroxylation is 2. The Morgan fingerprint density at radius 2 is 1.96 bits per heavy atom. The van der Waals surface area contributed by atoms with Gasteiger partial charge in [0.2, 0.25) is 0 Å². The predicted molar refractivity (Wildman–Crippen MR) is 108 cm³/mol. The summed E-state index contributed by atoms with van der Waals surface area (Å²) in [6.07, 6.45) is 9.88. The molecule has 5 rings (SSSR count). The fraction of sp³-hybridized carbons (Fsp3) is 0.429. The number of carbonyl (C=O) groups excluding carboxylic acids is 1. The number of rotatable bonds is 2. The standard InChI is InChI=1S/C21H23N5OS/c1-15-24-17(13-28-15)20(27)25-10-6-21(7-11-25)5-2-19-23-12-18(26(19)14-21)16-3-8-22-9-4-16/h3-4,8-9,12-13H,2,5-7,10-11,14H2,1H3. The molecule has 1 fully saturated rings. The zero-order valence-corrected chi connectivity index (χ0v) is 16.8. The Morgan fingerprint density at radius 3 is 2.68 bits per heavy atom. The first-order valence-electron chi connectivity index (χ1n) is 9.80. The van der Waals surface area contributed by atoms with Crippen molar-refractivity contribution in [1.82, 2.24) is 24.4 Å². The summed E-state index contributed by atoms with van der Waals surface area (Å²) in [5.41, 5.74) is 3.19. The van der Waals surface area contributed by atoms with Gasteiger partial charge in [-0.05, 0) is 43.7 Å². The van der Waals surface area contributed by atoms with E-state index in [4.69, 9.17) is 0 Å². The third-order valence-corrected chi connectivity index (χ3v) is 7.01. The van der Waals surface area contributed by atoms with Gasteiger partial charge in [0.15, 0.2) is 0 Å². The van der Waals surface area contributed by atoms with Gasteiger partial charge in [-0.15, -0.1) is 11.3 Å². The van der Waals surface area contributed by atoms with Crippen LogP contribution in [0.3, 0.4) is 0 Å². The fourth-order valence-electron chi connectivity index (χ4n) is 4.55. The number of carbonyl (C=O) groups is 1. The minimum atomic E-state index is 0.0794. The summed E-state index contributed by atoms with van der Waals surface area (Å²) in [6.45, 7) is 4.55. The lowest BCUT2D eigenvalue weighted by Crippen LogP contribution is -2.46. The van der Waals surface area contributed by atoms with E-state index in [2.05, 4.69) is 19.5 Å². The van der Waals surface area contributed by atoms with Crippen LogP contribution in [0, 0.1) is 12.3 Å². The van der Waals surface area contributed by atoms with Crippen LogP contribution in [0.25, 0.3) is 11.3 Å². The van der Waals surface area contributed by atoms with Crippen molar-refractivity contribution in [3.8, 4) is 11.3 Å². The number of hydrogen-bond acceptors (Lipinski definition) is 5. The molecule has 28 heavy (non-hydrogen) atoms. The highest BCUT2D eigenvalue weighted by molar-refractivity contribution is 7.09. The van der Waals surface area contributed by atoms with Crippen molar-refractivity contribution in [2.24, 2.45) is 5.41 Å². The zero-order chi connectivity index (χ0) is 19.1. The van der Waals surface area contributed by atoms with E-state index in [0.717, 1.165) is 55.9 Å². The summed E-state index contributed by atoms with van der Waals surface area (Å²) in [4.78, 5) is 27.9. The van der Waals surface area contributed by atoms with Gasteiger partial charge in [-0.25, -0.2) is 9.97 Å². The largest absolute Gasteiger partial charge is 0.337 e. The average molecular weight is 394 g/mol. The van der Waals surface area contributed by atoms with Crippen LogP contribution < -0.4 is 0 Å². The molecule has 0 N–H and O–H groups in total. The van der Waals surface area contributed by atoms with Gasteiger partial charge >= 0.3 is 0 Å². The molecule has 144 valence electrons. The molecule has 0 unspecified atom stereocenters. The van der Waals surface area contributed by atoms with Crippen LogP contribution >= 0.6 is 11.3 Å². The zero-order valence-electron chi connectivity index (χ0n) is 16.0. The van der Waals surface area contributed by atoms with E-state index < -0.39 is 0 Å². The topological polar surface area (TPSA) is 63.9 Å². The van der Waals surface area contributed by atoms with Gasteiger partial charge in [0, 0.05) is 49.4 Å². The molecule has 2 aliphatic heterocycles. The van der Waals surface area contributed by atoms with Crippen LogP contribution in [-0.2, 0) is 13.0 Å². The molecule has 3 aromatic rings. The molecule has 2 aliphatic rings. The maximum absolute atomic E-state index is 12.7. The second-order valence-corrected chi connectivity index (χ2v) is 8.99. The Bertz CT molecular complexity index is 1000. The van der Waals surface area contributed by atoms with Gasteiger partial charge in [0.25, 0.3) is 5.91 Å². The molecular formula is C21H23N5OS. The third kappa shape index (κ3) is 3.03. The molecule has 6 nitrogen and oxygen atoms in total. The number of pyridine rings is 1. The molecule has 5 heterocycles. The SMILES string of the molecule is Cc1nc(C(=O)N2CCC3(CCc4ncc(-c5ccncc5)n4C3)CC2)cs1. The number of thiazole rings is 1. The minimum Gasteiger partial charge on any atom is -0.337 e. The molecule has 0 aliphatic carbocycles. The van der Waals surface area contributed by atoms with Crippen molar-refractivity contribution in [2.45, 2.75) is 39.2 Å². The Kier molecular flexibility index (Phi) is 4.27. The van der Waals surface area contributed by atoms with Crippen molar-refractivity contribution < 1.29 is 4.79 Å². The summed E-state index contributed by atoms with van der Waals surface area (Å²) in [7, 11) is 0. The summed E-state index contributed by atoms with van der Waals surface area (Å²) in [6, 6.07) is 4.09. The molecule has 0 atom stereocenters. The summed E-state index contributed by atoms with van der Waals surface area (Å²) in [5, 5.41) is 2.82. The molecular weight excluding hydrogens is 370 g/mol. The quantitative estimate of drug-likeness (QED) is 0.668. The molecule has 0 radical (unpaired) electrons.